The summed E-state index contributed by atoms with van der Waals surface area (Å²) < 4.78 is 17.1. The second kappa shape index (κ2) is 13.4. The zero-order valence-corrected chi connectivity index (χ0v) is 29.1. The first-order valence-electron chi connectivity index (χ1n) is 16.6. The van der Waals surface area contributed by atoms with Crippen molar-refractivity contribution in [2.24, 2.45) is 17.8 Å². The van der Waals surface area contributed by atoms with E-state index < -0.39 is 16.7 Å². The van der Waals surface area contributed by atoms with E-state index >= 15 is 0 Å². The summed E-state index contributed by atoms with van der Waals surface area (Å²) >= 11 is 0. The molecule has 3 N–H and O–H groups in total. The molecule has 6 rings (SSSR count). The molecule has 0 radical (unpaired) electrons. The van der Waals surface area contributed by atoms with Crippen LogP contribution in [0.3, 0.4) is 0 Å². The summed E-state index contributed by atoms with van der Waals surface area (Å²) in [7, 11) is 7.15. The molecule has 1 aliphatic carbocycles. The fourth-order valence-corrected chi connectivity index (χ4v) is 6.18. The molecular weight excluding hydrogens is 627 g/mol. The Labute approximate surface area is 287 Å². The van der Waals surface area contributed by atoms with Gasteiger partial charge in [0.05, 0.1) is 30.6 Å². The van der Waals surface area contributed by atoms with E-state index in [4.69, 9.17) is 14.0 Å². The molecule has 3 fully saturated rings. The monoisotopic (exact) mass is 669 g/mol. The maximum Gasteiger partial charge on any atom is 0.410 e. The summed E-state index contributed by atoms with van der Waals surface area (Å²) in [6.07, 6.45) is 1.42. The lowest BCUT2D eigenvalue weighted by Gasteiger charge is -2.25. The number of rotatable bonds is 10. The van der Waals surface area contributed by atoms with Crippen LogP contribution in [0.4, 0.5) is 22.0 Å². The number of amides is 3. The van der Waals surface area contributed by atoms with Gasteiger partial charge < -0.3 is 34.8 Å². The molecule has 2 aromatic heterocycles. The molecule has 2 aliphatic heterocycles. The Bertz CT molecular complexity index is 1730. The Kier molecular flexibility index (Phi) is 9.35. The van der Waals surface area contributed by atoms with Crippen LogP contribution in [0.25, 0.3) is 11.5 Å². The zero-order chi connectivity index (χ0) is 35.1. The summed E-state index contributed by atoms with van der Waals surface area (Å²) in [5.74, 6) is 1.60. The van der Waals surface area contributed by atoms with Gasteiger partial charge in [-0.2, -0.15) is 4.98 Å². The van der Waals surface area contributed by atoms with E-state index in [2.05, 4.69) is 41.2 Å². The maximum absolute atomic E-state index is 13.2. The van der Waals surface area contributed by atoms with Crippen LogP contribution in [0.15, 0.2) is 28.8 Å². The molecule has 2 atom stereocenters. The summed E-state index contributed by atoms with van der Waals surface area (Å²) in [4.78, 5) is 47.0. The molecule has 4 heterocycles. The number of hydrogen-bond donors (Lipinski definition) is 3. The Morgan fingerprint density at radius 1 is 1.02 bits per heavy atom. The normalized spacial score (nSPS) is 19.3. The van der Waals surface area contributed by atoms with Gasteiger partial charge in [-0.3, -0.25) is 14.5 Å². The van der Waals surface area contributed by atoms with Gasteiger partial charge in [0.1, 0.15) is 29.1 Å². The van der Waals surface area contributed by atoms with Crippen LogP contribution in [0.1, 0.15) is 49.9 Å². The van der Waals surface area contributed by atoms with Crippen LogP contribution >= 0.6 is 0 Å². The predicted molar refractivity (Wildman–Crippen MR) is 189 cm³/mol. The highest BCUT2D eigenvalue weighted by Gasteiger charge is 2.43. The zero-order valence-electron chi connectivity index (χ0n) is 29.1. The van der Waals surface area contributed by atoms with Gasteiger partial charge in [-0.25, -0.2) is 4.79 Å². The summed E-state index contributed by atoms with van der Waals surface area (Å²) in [5.41, 5.74) is 0.932. The van der Waals surface area contributed by atoms with Crippen LogP contribution < -0.4 is 20.7 Å². The number of nitrogens with one attached hydrogen (secondary N) is 3. The highest BCUT2D eigenvalue weighted by molar-refractivity contribution is 6.60. The van der Waals surface area contributed by atoms with Crippen molar-refractivity contribution in [1.82, 2.24) is 35.5 Å². The lowest BCUT2D eigenvalue weighted by Crippen LogP contribution is -2.50. The van der Waals surface area contributed by atoms with Crippen LogP contribution in [-0.2, 0) is 16.1 Å². The quantitative estimate of drug-likeness (QED) is 0.250. The van der Waals surface area contributed by atoms with Gasteiger partial charge in [-0.1, -0.05) is 11.2 Å². The summed E-state index contributed by atoms with van der Waals surface area (Å²) in [6.45, 7) is 9.13. The molecule has 3 amide bonds. The van der Waals surface area contributed by atoms with E-state index in [1.54, 1.807) is 18.2 Å². The van der Waals surface area contributed by atoms with E-state index in [1.807, 2.05) is 55.3 Å². The van der Waals surface area contributed by atoms with E-state index in [9.17, 15) is 14.4 Å². The molecule has 18 heteroatoms. The average Bonchev–Trinajstić information content (AvgIpc) is 3.46. The van der Waals surface area contributed by atoms with Crippen molar-refractivity contribution in [3.63, 3.8) is 0 Å². The van der Waals surface area contributed by atoms with Crippen molar-refractivity contribution in [3.05, 3.63) is 35.8 Å². The molecule has 1 aromatic carbocycles. The van der Waals surface area contributed by atoms with Gasteiger partial charge in [0.2, 0.25) is 5.91 Å². The maximum atomic E-state index is 13.2. The van der Waals surface area contributed by atoms with E-state index in [-0.39, 0.29) is 35.3 Å². The smallest absolute Gasteiger partial charge is 0.410 e. The van der Waals surface area contributed by atoms with Crippen molar-refractivity contribution in [3.8, 4) is 17.2 Å². The minimum Gasteiger partial charge on any atom is -0.494 e. The van der Waals surface area contributed by atoms with Gasteiger partial charge in [-0.15, -0.1) is 10.2 Å². The second-order valence-corrected chi connectivity index (χ2v) is 15.1. The molecule has 3 aliphatic rings. The molecule has 15 nitrogen and oxygen atoms in total. The molecule has 49 heavy (non-hydrogen) atoms. The Balaban J connectivity index is 1.17. The average molecular weight is 669 g/mol. The molecule has 0 spiro atoms. The number of para-hydroxylation sites is 1. The SMILES string of the molecule is BC(B)(B)NC(=O)c1nnc(NC(=O)C2CC2)cc1Nc1cccc(-c2nc(CN3CC4CN(C(=O)OC(C)(C)C)CC4C3)no2)c1OC. The number of benzene rings is 1. The first kappa shape index (κ1) is 34.3. The van der Waals surface area contributed by atoms with Crippen molar-refractivity contribution in [2.45, 2.75) is 51.0 Å². The molecule has 0 bridgehead atoms. The van der Waals surface area contributed by atoms with Gasteiger partial charge in [0.15, 0.2) is 23.1 Å². The number of nitrogens with zero attached hydrogens (tertiary/aromatic N) is 6. The summed E-state index contributed by atoms with van der Waals surface area (Å²) in [6, 6.07) is 6.99. The van der Waals surface area contributed by atoms with Crippen LogP contribution in [0, 0.1) is 17.8 Å². The molecule has 1 saturated carbocycles. The van der Waals surface area contributed by atoms with Gasteiger partial charge in [-0.05, 0) is 62.8 Å². The van der Waals surface area contributed by atoms with Crippen molar-refractivity contribution in [1.29, 1.82) is 0 Å². The number of carbonyl (C=O) groups is 3. The summed E-state index contributed by atoms with van der Waals surface area (Å²) in [5, 5.41) is 21.0. The van der Waals surface area contributed by atoms with E-state index in [0.717, 1.165) is 25.9 Å². The number of anilines is 3. The van der Waals surface area contributed by atoms with Crippen molar-refractivity contribution >= 4 is 58.6 Å². The van der Waals surface area contributed by atoms with Gasteiger partial charge in [0.25, 0.3) is 11.8 Å². The fraction of sp³-hybridized carbons (Fsp3) is 0.516. The van der Waals surface area contributed by atoms with Crippen LogP contribution in [0.5, 0.6) is 5.75 Å². The lowest BCUT2D eigenvalue weighted by molar-refractivity contribution is -0.117. The molecule has 256 valence electrons. The third-order valence-electron chi connectivity index (χ3n) is 8.46. The van der Waals surface area contributed by atoms with Gasteiger partial charge >= 0.3 is 6.09 Å². The third kappa shape index (κ3) is 8.35. The highest BCUT2D eigenvalue weighted by Crippen LogP contribution is 2.39. The number of carbonyl (C=O) groups excluding carboxylic acids is 3. The topological polar surface area (TPSA) is 177 Å². The second-order valence-electron chi connectivity index (χ2n) is 15.1. The molecule has 3 aromatic rings. The van der Waals surface area contributed by atoms with Gasteiger partial charge in [0, 0.05) is 38.2 Å². The van der Waals surface area contributed by atoms with Crippen molar-refractivity contribution < 1.29 is 28.4 Å². The number of methoxy groups -OCH3 is 1. The number of likely N-dealkylation sites (tertiary alicyclic amines) is 2. The Morgan fingerprint density at radius 3 is 2.37 bits per heavy atom. The van der Waals surface area contributed by atoms with Crippen LogP contribution in [-0.4, -0.2) is 116 Å². The first-order valence-corrected chi connectivity index (χ1v) is 16.6. The molecule has 2 unspecified atom stereocenters. The fourth-order valence-electron chi connectivity index (χ4n) is 6.18. The minimum absolute atomic E-state index is 0.0298. The standard InChI is InChI=1S/C31H42B3N9O6/c1-30(2,3)48-29(46)43-13-17-11-42(12-18(17)14-43)15-23-37-28(49-41-23)19-6-5-7-20(25(19)47-4)35-21-10-22(36-26(44)16-8-9-16)39-40-24(21)27(45)38-31(32,33)34/h5-7,10,16-18H,8-9,11-15,32-34H2,1-4H3,(H,38,45)(H2,35,36,39,44). The highest BCUT2D eigenvalue weighted by atomic mass is 16.6. The largest absolute Gasteiger partial charge is 0.494 e. The Hall–Kier alpha value is -4.60. The number of hydrogen-bond acceptors (Lipinski definition) is 12. The number of aromatic nitrogens is 4. The molecule has 2 saturated heterocycles. The number of fused-ring (bicyclic) bond motifs is 1. The van der Waals surface area contributed by atoms with E-state index in [0.29, 0.717) is 60.0 Å². The third-order valence-corrected chi connectivity index (χ3v) is 8.46. The molecular formula is C31H42B3N9O6. The predicted octanol–water partition coefficient (Wildman–Crippen LogP) is 0.166. The Morgan fingerprint density at radius 2 is 1.73 bits per heavy atom. The minimum atomic E-state index is -0.519. The number of ether oxygens (including phenoxy) is 2. The first-order chi connectivity index (χ1) is 23.2. The van der Waals surface area contributed by atoms with Crippen molar-refractivity contribution in [2.75, 3.05) is 43.9 Å². The van der Waals surface area contributed by atoms with Crippen LogP contribution in [0.2, 0.25) is 0 Å². The lowest BCUT2D eigenvalue weighted by atomic mass is 9.49. The van der Waals surface area contributed by atoms with E-state index in [1.165, 1.54) is 7.11 Å².